The van der Waals surface area contributed by atoms with Gasteiger partial charge in [0, 0.05) is 30.3 Å². The number of carboxylic acid groups (broad SMARTS) is 1. The van der Waals surface area contributed by atoms with Gasteiger partial charge in [0.2, 0.25) is 5.91 Å². The lowest BCUT2D eigenvalue weighted by atomic mass is 10.1. The van der Waals surface area contributed by atoms with Crippen molar-refractivity contribution in [3.8, 4) is 11.4 Å². The van der Waals surface area contributed by atoms with Crippen LogP contribution in [0.4, 0.5) is 17.2 Å². The predicted octanol–water partition coefficient (Wildman–Crippen LogP) is 2.37. The molecular formula is C19H19N7O3. The van der Waals surface area contributed by atoms with Crippen LogP contribution in [0.25, 0.3) is 11.4 Å². The molecule has 148 valence electrons. The van der Waals surface area contributed by atoms with Crippen LogP contribution in [0.3, 0.4) is 0 Å². The van der Waals surface area contributed by atoms with Crippen molar-refractivity contribution in [2.24, 2.45) is 13.0 Å². The molecule has 0 bridgehead atoms. The summed E-state index contributed by atoms with van der Waals surface area (Å²) >= 11 is 0. The van der Waals surface area contributed by atoms with Gasteiger partial charge < -0.3 is 15.7 Å². The van der Waals surface area contributed by atoms with Gasteiger partial charge in [-0.3, -0.25) is 9.48 Å². The molecule has 2 aromatic heterocycles. The van der Waals surface area contributed by atoms with Crippen molar-refractivity contribution in [1.29, 1.82) is 0 Å². The van der Waals surface area contributed by atoms with Gasteiger partial charge in [0.15, 0.2) is 17.3 Å². The number of rotatable bonds is 6. The summed E-state index contributed by atoms with van der Waals surface area (Å²) in [6, 6.07) is 7.00. The highest BCUT2D eigenvalue weighted by atomic mass is 16.4. The Morgan fingerprint density at radius 1 is 1.21 bits per heavy atom. The Hall–Kier alpha value is -3.82. The molecule has 3 aromatic rings. The number of nitrogens with one attached hydrogen (secondary N) is 2. The Kier molecular flexibility index (Phi) is 4.67. The van der Waals surface area contributed by atoms with Gasteiger partial charge in [-0.25, -0.2) is 9.78 Å². The molecule has 4 rings (SSSR count). The summed E-state index contributed by atoms with van der Waals surface area (Å²) in [6.07, 6.45) is 3.31. The number of amides is 1. The number of carbonyl (C=O) groups is 2. The monoisotopic (exact) mass is 393 g/mol. The minimum atomic E-state index is -1.22. The maximum atomic E-state index is 12.0. The summed E-state index contributed by atoms with van der Waals surface area (Å²) in [5.74, 6) is -0.586. The number of aryl methyl sites for hydroxylation is 1. The zero-order chi connectivity index (χ0) is 20.5. The number of hydrogen-bond acceptors (Lipinski definition) is 7. The molecule has 1 aromatic carbocycles. The van der Waals surface area contributed by atoms with Crippen molar-refractivity contribution in [1.82, 2.24) is 25.0 Å². The molecule has 3 N–H and O–H groups in total. The Balaban J connectivity index is 1.67. The first-order chi connectivity index (χ1) is 13.9. The quantitative estimate of drug-likeness (QED) is 0.581. The highest BCUT2D eigenvalue weighted by molar-refractivity contribution is 5.96. The largest absolute Gasteiger partial charge is 0.476 e. The van der Waals surface area contributed by atoms with Crippen LogP contribution in [0.1, 0.15) is 28.9 Å². The van der Waals surface area contributed by atoms with Gasteiger partial charge in [-0.1, -0.05) is 12.1 Å². The molecule has 0 aliphatic heterocycles. The van der Waals surface area contributed by atoms with E-state index in [1.807, 2.05) is 25.1 Å². The van der Waals surface area contributed by atoms with Crippen LogP contribution in [0.5, 0.6) is 0 Å². The summed E-state index contributed by atoms with van der Waals surface area (Å²) in [7, 11) is 1.78. The van der Waals surface area contributed by atoms with E-state index in [2.05, 4.69) is 30.9 Å². The van der Waals surface area contributed by atoms with Crippen LogP contribution in [0.15, 0.2) is 30.6 Å². The van der Waals surface area contributed by atoms with E-state index in [9.17, 15) is 14.7 Å². The van der Waals surface area contributed by atoms with Crippen molar-refractivity contribution >= 4 is 29.1 Å². The van der Waals surface area contributed by atoms with Gasteiger partial charge in [-0.2, -0.15) is 5.10 Å². The standard InChI is InChI=1S/C19H19N7O3/c1-10-12(17-20-9-26(2)25-17)4-3-5-13(10)21-14-8-15(22-18(27)11-6-7-11)23-24-16(14)19(28)29/h3-5,8-9,11H,6-7H2,1-2H3,(H,28,29)(H2,21,22,23,27). The summed E-state index contributed by atoms with van der Waals surface area (Å²) in [6.45, 7) is 1.89. The third-order valence-corrected chi connectivity index (χ3v) is 4.64. The number of hydrogen-bond donors (Lipinski definition) is 3. The molecule has 10 nitrogen and oxygen atoms in total. The van der Waals surface area contributed by atoms with Crippen molar-refractivity contribution in [2.75, 3.05) is 10.6 Å². The fourth-order valence-corrected chi connectivity index (χ4v) is 2.90. The molecule has 0 unspecified atom stereocenters. The fraction of sp³-hybridized carbons (Fsp3) is 0.263. The third kappa shape index (κ3) is 3.91. The molecule has 0 spiro atoms. The SMILES string of the molecule is Cc1c(Nc2cc(NC(=O)C3CC3)nnc2C(=O)O)cccc1-c1ncn(C)n1. The molecule has 1 saturated carbocycles. The highest BCUT2D eigenvalue weighted by Gasteiger charge is 2.30. The Bertz CT molecular complexity index is 1100. The zero-order valence-corrected chi connectivity index (χ0v) is 15.9. The van der Waals surface area contributed by atoms with Gasteiger partial charge in [-0.05, 0) is 31.4 Å². The van der Waals surface area contributed by atoms with E-state index in [0.29, 0.717) is 11.5 Å². The minimum Gasteiger partial charge on any atom is -0.476 e. The van der Waals surface area contributed by atoms with E-state index in [1.54, 1.807) is 18.1 Å². The van der Waals surface area contributed by atoms with Gasteiger partial charge >= 0.3 is 5.97 Å². The summed E-state index contributed by atoms with van der Waals surface area (Å²) in [5.41, 5.74) is 2.32. The molecular weight excluding hydrogens is 374 g/mol. The first kappa shape index (κ1) is 18.5. The Morgan fingerprint density at radius 3 is 2.66 bits per heavy atom. The van der Waals surface area contributed by atoms with E-state index in [1.165, 1.54) is 6.07 Å². The molecule has 1 fully saturated rings. The summed E-state index contributed by atoms with van der Waals surface area (Å²) in [5, 5.41) is 27.2. The third-order valence-electron chi connectivity index (χ3n) is 4.64. The minimum absolute atomic E-state index is 0.00263. The van der Waals surface area contributed by atoms with E-state index in [4.69, 9.17) is 0 Å². The maximum Gasteiger partial charge on any atom is 0.358 e. The smallest absolute Gasteiger partial charge is 0.358 e. The topological polar surface area (TPSA) is 135 Å². The second-order valence-electron chi connectivity index (χ2n) is 6.91. The average molecular weight is 393 g/mol. The first-order valence-electron chi connectivity index (χ1n) is 9.07. The highest BCUT2D eigenvalue weighted by Crippen LogP contribution is 2.32. The van der Waals surface area contributed by atoms with Crippen LogP contribution in [-0.2, 0) is 11.8 Å². The molecule has 10 heteroatoms. The zero-order valence-electron chi connectivity index (χ0n) is 15.9. The van der Waals surface area contributed by atoms with Crippen molar-refractivity contribution in [2.45, 2.75) is 19.8 Å². The van der Waals surface area contributed by atoms with E-state index < -0.39 is 5.97 Å². The van der Waals surface area contributed by atoms with Crippen molar-refractivity contribution in [3.63, 3.8) is 0 Å². The van der Waals surface area contributed by atoms with Gasteiger partial charge in [0.05, 0.1) is 5.69 Å². The number of benzene rings is 1. The Morgan fingerprint density at radius 2 is 2.00 bits per heavy atom. The van der Waals surface area contributed by atoms with E-state index in [-0.39, 0.29) is 29.0 Å². The van der Waals surface area contributed by atoms with Gasteiger partial charge in [0.1, 0.15) is 6.33 Å². The predicted molar refractivity (Wildman–Crippen MR) is 105 cm³/mol. The molecule has 29 heavy (non-hydrogen) atoms. The fourth-order valence-electron chi connectivity index (χ4n) is 2.90. The molecule has 0 saturated heterocycles. The second-order valence-corrected chi connectivity index (χ2v) is 6.91. The maximum absolute atomic E-state index is 12.0. The summed E-state index contributed by atoms with van der Waals surface area (Å²) < 4.78 is 1.61. The molecule has 0 radical (unpaired) electrons. The van der Waals surface area contributed by atoms with Crippen molar-refractivity contribution in [3.05, 3.63) is 41.9 Å². The number of aromatic carboxylic acids is 1. The van der Waals surface area contributed by atoms with Crippen LogP contribution < -0.4 is 10.6 Å². The first-order valence-corrected chi connectivity index (χ1v) is 9.07. The van der Waals surface area contributed by atoms with Crippen molar-refractivity contribution < 1.29 is 14.7 Å². The molecule has 0 atom stereocenters. The average Bonchev–Trinajstić information content (AvgIpc) is 3.45. The molecule has 1 aliphatic rings. The molecule has 1 amide bonds. The normalized spacial score (nSPS) is 13.2. The second kappa shape index (κ2) is 7.30. The lowest BCUT2D eigenvalue weighted by Crippen LogP contribution is -2.16. The van der Waals surface area contributed by atoms with Crippen LogP contribution in [0, 0.1) is 12.8 Å². The van der Waals surface area contributed by atoms with Crippen LogP contribution in [-0.4, -0.2) is 41.9 Å². The Labute approximate surface area is 166 Å². The van der Waals surface area contributed by atoms with E-state index >= 15 is 0 Å². The number of aromatic nitrogens is 5. The lowest BCUT2D eigenvalue weighted by Gasteiger charge is -2.14. The molecule has 2 heterocycles. The number of nitrogens with zero attached hydrogens (tertiary/aromatic N) is 5. The van der Waals surface area contributed by atoms with Gasteiger partial charge in [0.25, 0.3) is 0 Å². The van der Waals surface area contributed by atoms with E-state index in [0.717, 1.165) is 24.0 Å². The number of carbonyl (C=O) groups excluding carboxylic acids is 1. The summed E-state index contributed by atoms with van der Waals surface area (Å²) in [4.78, 5) is 27.8. The van der Waals surface area contributed by atoms with Crippen LogP contribution >= 0.6 is 0 Å². The molecule has 1 aliphatic carbocycles. The van der Waals surface area contributed by atoms with Crippen LogP contribution in [0.2, 0.25) is 0 Å². The lowest BCUT2D eigenvalue weighted by molar-refractivity contribution is -0.117. The number of carboxylic acids is 1. The number of anilines is 3. The van der Waals surface area contributed by atoms with Gasteiger partial charge in [-0.15, -0.1) is 10.2 Å².